The van der Waals surface area contributed by atoms with E-state index >= 15 is 0 Å². The average molecular weight is 201 g/mol. The van der Waals surface area contributed by atoms with Crippen LogP contribution in [0.1, 0.15) is 33.4 Å². The SMILES string of the molecule is COC(C)c1nc(C)c(C(=O)O)s1. The van der Waals surface area contributed by atoms with Gasteiger partial charge in [-0.25, -0.2) is 9.78 Å². The molecule has 0 aromatic carbocycles. The first kappa shape index (κ1) is 10.1. The standard InChI is InChI=1S/C8H11NO3S/c1-4-6(8(10)11)13-7(9-4)5(2)12-3/h5H,1-3H3,(H,10,11). The zero-order valence-electron chi connectivity index (χ0n) is 7.70. The van der Waals surface area contributed by atoms with Gasteiger partial charge in [0.05, 0.1) is 5.69 Å². The third-order valence-electron chi connectivity index (χ3n) is 1.71. The van der Waals surface area contributed by atoms with Crippen LogP contribution in [0.5, 0.6) is 0 Å². The number of thiazole rings is 1. The van der Waals surface area contributed by atoms with Crippen LogP contribution in [0.15, 0.2) is 0 Å². The van der Waals surface area contributed by atoms with E-state index in [2.05, 4.69) is 4.98 Å². The van der Waals surface area contributed by atoms with Crippen LogP contribution >= 0.6 is 11.3 Å². The van der Waals surface area contributed by atoms with Gasteiger partial charge < -0.3 is 9.84 Å². The smallest absolute Gasteiger partial charge is 0.347 e. The number of rotatable bonds is 3. The minimum absolute atomic E-state index is 0.142. The normalized spacial score (nSPS) is 12.8. The van der Waals surface area contributed by atoms with E-state index in [4.69, 9.17) is 9.84 Å². The summed E-state index contributed by atoms with van der Waals surface area (Å²) in [5.41, 5.74) is 0.552. The summed E-state index contributed by atoms with van der Waals surface area (Å²) in [7, 11) is 1.57. The molecule has 1 atom stereocenters. The quantitative estimate of drug-likeness (QED) is 0.810. The number of ether oxygens (including phenoxy) is 1. The Morgan fingerprint density at radius 1 is 1.69 bits per heavy atom. The number of aryl methyl sites for hydroxylation is 1. The molecule has 0 saturated heterocycles. The van der Waals surface area contributed by atoms with Crippen LogP contribution in [0.4, 0.5) is 0 Å². The molecule has 0 bridgehead atoms. The zero-order valence-corrected chi connectivity index (χ0v) is 8.51. The van der Waals surface area contributed by atoms with Crippen LogP contribution in [0, 0.1) is 6.92 Å². The number of methoxy groups -OCH3 is 1. The number of hydrogen-bond acceptors (Lipinski definition) is 4. The summed E-state index contributed by atoms with van der Waals surface area (Å²) in [6, 6.07) is 0. The van der Waals surface area contributed by atoms with Gasteiger partial charge in [-0.3, -0.25) is 0 Å². The fourth-order valence-corrected chi connectivity index (χ4v) is 1.82. The van der Waals surface area contributed by atoms with E-state index in [1.807, 2.05) is 6.92 Å². The predicted molar refractivity (Wildman–Crippen MR) is 49.2 cm³/mol. The average Bonchev–Trinajstić information content (AvgIpc) is 2.46. The van der Waals surface area contributed by atoms with Crippen molar-refractivity contribution in [2.24, 2.45) is 0 Å². The minimum Gasteiger partial charge on any atom is -0.477 e. The van der Waals surface area contributed by atoms with E-state index < -0.39 is 5.97 Å². The molecule has 4 nitrogen and oxygen atoms in total. The van der Waals surface area contributed by atoms with Gasteiger partial charge in [-0.05, 0) is 13.8 Å². The fourth-order valence-electron chi connectivity index (χ4n) is 0.890. The van der Waals surface area contributed by atoms with Gasteiger partial charge in [0, 0.05) is 7.11 Å². The van der Waals surface area contributed by atoms with Crippen molar-refractivity contribution in [3.8, 4) is 0 Å². The van der Waals surface area contributed by atoms with Crippen molar-refractivity contribution in [3.63, 3.8) is 0 Å². The van der Waals surface area contributed by atoms with Gasteiger partial charge in [-0.1, -0.05) is 0 Å². The highest BCUT2D eigenvalue weighted by molar-refractivity contribution is 7.13. The first-order valence-electron chi connectivity index (χ1n) is 3.79. The monoisotopic (exact) mass is 201 g/mol. The number of carboxylic acid groups (broad SMARTS) is 1. The topological polar surface area (TPSA) is 59.4 Å². The largest absolute Gasteiger partial charge is 0.477 e. The Labute approximate surface area is 80.2 Å². The van der Waals surface area contributed by atoms with Gasteiger partial charge in [0.25, 0.3) is 0 Å². The third kappa shape index (κ3) is 2.05. The highest BCUT2D eigenvalue weighted by Crippen LogP contribution is 2.24. The number of aromatic carboxylic acids is 1. The van der Waals surface area contributed by atoms with Crippen LogP contribution in [-0.4, -0.2) is 23.2 Å². The van der Waals surface area contributed by atoms with Crippen LogP contribution in [0.25, 0.3) is 0 Å². The van der Waals surface area contributed by atoms with Crippen LogP contribution in [-0.2, 0) is 4.74 Å². The molecule has 0 fully saturated rings. The number of aromatic nitrogens is 1. The number of nitrogens with zero attached hydrogens (tertiary/aromatic N) is 1. The first-order chi connectivity index (χ1) is 6.06. The summed E-state index contributed by atoms with van der Waals surface area (Å²) in [6.45, 7) is 3.52. The highest BCUT2D eigenvalue weighted by Gasteiger charge is 2.17. The van der Waals surface area contributed by atoms with Crippen molar-refractivity contribution in [1.82, 2.24) is 4.98 Å². The Balaban J connectivity index is 3.01. The van der Waals surface area contributed by atoms with Crippen LogP contribution < -0.4 is 0 Å². The molecular formula is C8H11NO3S. The summed E-state index contributed by atoms with van der Waals surface area (Å²) < 4.78 is 5.04. The molecule has 0 saturated carbocycles. The number of hydrogen-bond donors (Lipinski definition) is 1. The zero-order chi connectivity index (χ0) is 10.0. The van der Waals surface area contributed by atoms with E-state index in [0.29, 0.717) is 15.6 Å². The van der Waals surface area contributed by atoms with Gasteiger partial charge in [-0.2, -0.15) is 0 Å². The summed E-state index contributed by atoms with van der Waals surface area (Å²) in [5.74, 6) is -0.926. The fraction of sp³-hybridized carbons (Fsp3) is 0.500. The molecule has 1 unspecified atom stereocenters. The van der Waals surface area contributed by atoms with Crippen molar-refractivity contribution in [1.29, 1.82) is 0 Å². The van der Waals surface area contributed by atoms with Gasteiger partial charge in [0.2, 0.25) is 0 Å². The molecular weight excluding hydrogens is 190 g/mol. The Hall–Kier alpha value is -0.940. The third-order valence-corrected chi connectivity index (χ3v) is 3.02. The second-order valence-electron chi connectivity index (χ2n) is 2.65. The lowest BCUT2D eigenvalue weighted by molar-refractivity contribution is 0.0701. The summed E-state index contributed by atoms with van der Waals surface area (Å²) in [6.07, 6.45) is -0.142. The van der Waals surface area contributed by atoms with Crippen molar-refractivity contribution in [2.75, 3.05) is 7.11 Å². The minimum atomic E-state index is -0.926. The maximum atomic E-state index is 10.7. The maximum absolute atomic E-state index is 10.7. The molecule has 0 spiro atoms. The van der Waals surface area contributed by atoms with E-state index in [9.17, 15) is 4.79 Å². The van der Waals surface area contributed by atoms with E-state index in [-0.39, 0.29) is 6.10 Å². The van der Waals surface area contributed by atoms with Crippen LogP contribution in [0.3, 0.4) is 0 Å². The van der Waals surface area contributed by atoms with Gasteiger partial charge in [-0.15, -0.1) is 11.3 Å². The molecule has 13 heavy (non-hydrogen) atoms. The van der Waals surface area contributed by atoms with Crippen molar-refractivity contribution < 1.29 is 14.6 Å². The summed E-state index contributed by atoms with van der Waals surface area (Å²) in [5, 5.41) is 9.47. The van der Waals surface area contributed by atoms with E-state index in [1.165, 1.54) is 0 Å². The lowest BCUT2D eigenvalue weighted by Gasteiger charge is -2.02. The molecule has 0 radical (unpaired) electrons. The molecule has 5 heteroatoms. The molecule has 0 aliphatic carbocycles. The number of carboxylic acids is 1. The molecule has 1 aromatic heterocycles. The van der Waals surface area contributed by atoms with E-state index in [0.717, 1.165) is 11.3 Å². The summed E-state index contributed by atoms with van der Waals surface area (Å²) in [4.78, 5) is 15.1. The van der Waals surface area contributed by atoms with Crippen molar-refractivity contribution in [3.05, 3.63) is 15.6 Å². The molecule has 1 rings (SSSR count). The van der Waals surface area contributed by atoms with Crippen molar-refractivity contribution >= 4 is 17.3 Å². The summed E-state index contributed by atoms with van der Waals surface area (Å²) >= 11 is 1.16. The molecule has 1 heterocycles. The Kier molecular flexibility index (Phi) is 3.00. The molecule has 1 aromatic rings. The van der Waals surface area contributed by atoms with Gasteiger partial charge in [0.1, 0.15) is 16.0 Å². The molecule has 72 valence electrons. The highest BCUT2D eigenvalue weighted by atomic mass is 32.1. The Morgan fingerprint density at radius 2 is 2.31 bits per heavy atom. The molecule has 0 amide bonds. The first-order valence-corrected chi connectivity index (χ1v) is 4.61. The lowest BCUT2D eigenvalue weighted by atomic mass is 10.4. The van der Waals surface area contributed by atoms with E-state index in [1.54, 1.807) is 14.0 Å². The second kappa shape index (κ2) is 3.85. The van der Waals surface area contributed by atoms with Gasteiger partial charge >= 0.3 is 5.97 Å². The molecule has 0 aliphatic rings. The van der Waals surface area contributed by atoms with Gasteiger partial charge in [0.15, 0.2) is 0 Å². The predicted octanol–water partition coefficient (Wildman–Crippen LogP) is 1.86. The number of carbonyl (C=O) groups is 1. The van der Waals surface area contributed by atoms with Crippen LogP contribution in [0.2, 0.25) is 0 Å². The Bertz CT molecular complexity index is 321. The maximum Gasteiger partial charge on any atom is 0.347 e. The lowest BCUT2D eigenvalue weighted by Crippen LogP contribution is -1.94. The van der Waals surface area contributed by atoms with Crippen molar-refractivity contribution in [2.45, 2.75) is 20.0 Å². The molecule has 1 N–H and O–H groups in total. The Morgan fingerprint density at radius 3 is 2.69 bits per heavy atom. The second-order valence-corrected chi connectivity index (χ2v) is 3.68. The molecule has 0 aliphatic heterocycles.